The molecule has 2 nitrogen and oxygen atoms in total. The summed E-state index contributed by atoms with van der Waals surface area (Å²) in [6.07, 6.45) is 2.42. The molecule has 1 aromatic carbocycles. The summed E-state index contributed by atoms with van der Waals surface area (Å²) in [5.41, 5.74) is 7.83. The van der Waals surface area contributed by atoms with E-state index in [0.717, 1.165) is 12.2 Å². The van der Waals surface area contributed by atoms with E-state index in [-0.39, 0.29) is 0 Å². The molecular formula is C13H22N2. The van der Waals surface area contributed by atoms with Crippen LogP contribution in [0.5, 0.6) is 0 Å². The molecule has 0 saturated heterocycles. The molecule has 0 fully saturated rings. The normalized spacial score (nSPS) is 11.3. The Hall–Kier alpha value is -1.02. The van der Waals surface area contributed by atoms with Gasteiger partial charge in [0, 0.05) is 18.3 Å². The summed E-state index contributed by atoms with van der Waals surface area (Å²) in [4.78, 5) is 2.41. The highest BCUT2D eigenvalue weighted by Gasteiger charge is 2.10. The van der Waals surface area contributed by atoms with Crippen molar-refractivity contribution in [3.63, 3.8) is 0 Å². The van der Waals surface area contributed by atoms with Crippen LogP contribution in [0, 0.1) is 0 Å². The third-order valence-corrected chi connectivity index (χ3v) is 2.98. The fraction of sp³-hybridized carbons (Fsp3) is 0.538. The number of nitrogens with two attached hydrogens (primary N) is 1. The Morgan fingerprint density at radius 1 is 1.13 bits per heavy atom. The minimum absolute atomic E-state index is 0.683. The fourth-order valence-electron chi connectivity index (χ4n) is 1.95. The van der Waals surface area contributed by atoms with Crippen molar-refractivity contribution in [3.05, 3.63) is 29.8 Å². The first kappa shape index (κ1) is 12.1. The van der Waals surface area contributed by atoms with Crippen LogP contribution >= 0.6 is 0 Å². The number of rotatable bonds is 5. The zero-order valence-electron chi connectivity index (χ0n) is 10.0. The van der Waals surface area contributed by atoms with Crippen molar-refractivity contribution in [3.8, 4) is 0 Å². The highest BCUT2D eigenvalue weighted by molar-refractivity contribution is 5.39. The zero-order valence-corrected chi connectivity index (χ0v) is 10.0. The summed E-state index contributed by atoms with van der Waals surface area (Å²) in [5.74, 6) is 0. The lowest BCUT2D eigenvalue weighted by Gasteiger charge is -2.26. The molecule has 15 heavy (non-hydrogen) atoms. The van der Waals surface area contributed by atoms with E-state index in [1.165, 1.54) is 18.4 Å². The molecule has 0 saturated carbocycles. The predicted molar refractivity (Wildman–Crippen MR) is 66.7 cm³/mol. The van der Waals surface area contributed by atoms with Gasteiger partial charge in [-0.15, -0.1) is 0 Å². The summed E-state index contributed by atoms with van der Waals surface area (Å²) >= 11 is 0. The van der Waals surface area contributed by atoms with E-state index in [2.05, 4.69) is 37.9 Å². The van der Waals surface area contributed by atoms with Gasteiger partial charge in [-0.1, -0.05) is 26.0 Å². The van der Waals surface area contributed by atoms with Gasteiger partial charge in [-0.3, -0.25) is 4.90 Å². The molecule has 0 radical (unpaired) electrons. The quantitative estimate of drug-likeness (QED) is 0.751. The van der Waals surface area contributed by atoms with E-state index >= 15 is 0 Å². The first-order valence-corrected chi connectivity index (χ1v) is 5.72. The first-order valence-electron chi connectivity index (χ1n) is 5.72. The van der Waals surface area contributed by atoms with E-state index in [1.54, 1.807) is 0 Å². The van der Waals surface area contributed by atoms with Crippen LogP contribution in [-0.4, -0.2) is 18.0 Å². The molecule has 0 unspecified atom stereocenters. The summed E-state index contributed by atoms with van der Waals surface area (Å²) in [7, 11) is 2.19. The second-order valence-corrected chi connectivity index (χ2v) is 4.13. The summed E-state index contributed by atoms with van der Waals surface area (Å²) in [6.45, 7) is 5.49. The van der Waals surface area contributed by atoms with Gasteiger partial charge in [-0.25, -0.2) is 0 Å². The topological polar surface area (TPSA) is 29.3 Å². The highest BCUT2D eigenvalue weighted by atomic mass is 15.1. The largest absolute Gasteiger partial charge is 0.399 e. The summed E-state index contributed by atoms with van der Waals surface area (Å²) in [6, 6.07) is 8.83. The van der Waals surface area contributed by atoms with E-state index in [4.69, 9.17) is 5.73 Å². The monoisotopic (exact) mass is 206 g/mol. The molecule has 0 aliphatic heterocycles. The van der Waals surface area contributed by atoms with Gasteiger partial charge in [-0.05, 0) is 37.6 Å². The number of nitrogen functional groups attached to an aromatic ring is 1. The fourth-order valence-corrected chi connectivity index (χ4v) is 1.95. The van der Waals surface area contributed by atoms with Crippen molar-refractivity contribution < 1.29 is 0 Å². The van der Waals surface area contributed by atoms with E-state index in [1.807, 2.05) is 12.1 Å². The molecule has 0 atom stereocenters. The average Bonchev–Trinajstić information content (AvgIpc) is 2.23. The second kappa shape index (κ2) is 5.76. The van der Waals surface area contributed by atoms with Crippen LogP contribution in [0.2, 0.25) is 0 Å². The van der Waals surface area contributed by atoms with Crippen LogP contribution < -0.4 is 5.73 Å². The first-order chi connectivity index (χ1) is 7.17. The molecule has 0 spiro atoms. The van der Waals surface area contributed by atoms with Crippen LogP contribution in [0.4, 0.5) is 5.69 Å². The Morgan fingerprint density at radius 2 is 1.67 bits per heavy atom. The van der Waals surface area contributed by atoms with Gasteiger partial charge in [-0.2, -0.15) is 0 Å². The van der Waals surface area contributed by atoms with Gasteiger partial charge in [0.1, 0.15) is 0 Å². The SMILES string of the molecule is CCC(CC)N(C)Cc1ccc(N)cc1. The minimum atomic E-state index is 0.683. The Labute approximate surface area is 93.1 Å². The maximum Gasteiger partial charge on any atom is 0.0314 e. The molecule has 0 aliphatic carbocycles. The van der Waals surface area contributed by atoms with E-state index in [9.17, 15) is 0 Å². The molecule has 2 N–H and O–H groups in total. The second-order valence-electron chi connectivity index (χ2n) is 4.13. The molecule has 0 heterocycles. The van der Waals surface area contributed by atoms with Crippen molar-refractivity contribution in [1.82, 2.24) is 4.90 Å². The van der Waals surface area contributed by atoms with Gasteiger partial charge >= 0.3 is 0 Å². The van der Waals surface area contributed by atoms with Crippen molar-refractivity contribution in [1.29, 1.82) is 0 Å². The van der Waals surface area contributed by atoms with Crippen LogP contribution in [-0.2, 0) is 6.54 Å². The van der Waals surface area contributed by atoms with E-state index < -0.39 is 0 Å². The van der Waals surface area contributed by atoms with Crippen molar-refractivity contribution in [2.75, 3.05) is 12.8 Å². The average molecular weight is 206 g/mol. The lowest BCUT2D eigenvalue weighted by atomic mass is 10.1. The standard InChI is InChI=1S/C13H22N2/c1-4-13(5-2)15(3)10-11-6-8-12(14)9-7-11/h6-9,13H,4-5,10,14H2,1-3H3. The van der Waals surface area contributed by atoms with Crippen LogP contribution in [0.15, 0.2) is 24.3 Å². The number of hydrogen-bond acceptors (Lipinski definition) is 2. The van der Waals surface area contributed by atoms with Gasteiger partial charge in [0.2, 0.25) is 0 Å². The van der Waals surface area contributed by atoms with Crippen molar-refractivity contribution in [2.45, 2.75) is 39.3 Å². The van der Waals surface area contributed by atoms with E-state index in [0.29, 0.717) is 6.04 Å². The van der Waals surface area contributed by atoms with Crippen molar-refractivity contribution >= 4 is 5.69 Å². The smallest absolute Gasteiger partial charge is 0.0314 e. The Morgan fingerprint density at radius 3 is 2.13 bits per heavy atom. The van der Waals surface area contributed by atoms with Gasteiger partial charge in [0.15, 0.2) is 0 Å². The molecule has 1 rings (SSSR count). The summed E-state index contributed by atoms with van der Waals surface area (Å²) in [5, 5.41) is 0. The molecule has 0 aromatic heterocycles. The molecule has 0 amide bonds. The molecule has 1 aromatic rings. The van der Waals surface area contributed by atoms with Crippen LogP contribution in [0.3, 0.4) is 0 Å². The molecule has 84 valence electrons. The number of benzene rings is 1. The third kappa shape index (κ3) is 3.56. The third-order valence-electron chi connectivity index (χ3n) is 2.98. The lowest BCUT2D eigenvalue weighted by molar-refractivity contribution is 0.222. The maximum atomic E-state index is 5.66. The van der Waals surface area contributed by atoms with Crippen molar-refractivity contribution in [2.24, 2.45) is 0 Å². The number of hydrogen-bond donors (Lipinski definition) is 1. The van der Waals surface area contributed by atoms with Gasteiger partial charge in [0.05, 0.1) is 0 Å². The molecular weight excluding hydrogens is 184 g/mol. The molecule has 2 heteroatoms. The van der Waals surface area contributed by atoms with Crippen LogP contribution in [0.1, 0.15) is 32.3 Å². The lowest BCUT2D eigenvalue weighted by Crippen LogP contribution is -2.29. The Kier molecular flexibility index (Phi) is 4.63. The summed E-state index contributed by atoms with van der Waals surface area (Å²) < 4.78 is 0. The number of nitrogens with zero attached hydrogens (tertiary/aromatic N) is 1. The Balaban J connectivity index is 2.57. The molecule has 0 bridgehead atoms. The van der Waals surface area contributed by atoms with Crippen LogP contribution in [0.25, 0.3) is 0 Å². The predicted octanol–water partition coefficient (Wildman–Crippen LogP) is 2.89. The maximum absolute atomic E-state index is 5.66. The highest BCUT2D eigenvalue weighted by Crippen LogP contribution is 2.12. The Bertz CT molecular complexity index is 275. The van der Waals surface area contributed by atoms with Gasteiger partial charge < -0.3 is 5.73 Å². The number of anilines is 1. The zero-order chi connectivity index (χ0) is 11.3. The van der Waals surface area contributed by atoms with Gasteiger partial charge in [0.25, 0.3) is 0 Å². The minimum Gasteiger partial charge on any atom is -0.399 e. The molecule has 0 aliphatic rings.